The molecule has 1 rings (SSSR count). The molecule has 0 saturated carbocycles. The molecule has 0 nitrogen and oxygen atoms in total. The van der Waals surface area contributed by atoms with Gasteiger partial charge in [0.25, 0.3) is 0 Å². The molecule has 0 heterocycles. The third kappa shape index (κ3) is 2.24. The van der Waals surface area contributed by atoms with E-state index in [0.717, 1.165) is 5.56 Å². The maximum Gasteiger partial charge on any atom is 2.00 e. The molecule has 0 radical (unpaired) electrons. The topological polar surface area (TPSA) is 0 Å². The fourth-order valence-corrected chi connectivity index (χ4v) is 0.431. The average Bonchev–Trinajstić information content (AvgIpc) is 1.69. The Hall–Kier alpha value is -0.144. The summed E-state index contributed by atoms with van der Waals surface area (Å²) in [6, 6.07) is 10.6. The van der Waals surface area contributed by atoms with Crippen molar-refractivity contribution in [3.05, 3.63) is 42.8 Å². The minimum Gasteiger partial charge on any atom is -0.374 e. The largest absolute Gasteiger partial charge is 2.00 e. The van der Waals surface area contributed by atoms with Crippen molar-refractivity contribution in [1.29, 1.82) is 0 Å². The predicted octanol–water partition coefficient (Wildman–Crippen LogP) is 1.29. The van der Waals surface area contributed by atoms with Crippen molar-refractivity contribution in [2.45, 2.75) is 0 Å². The summed E-state index contributed by atoms with van der Waals surface area (Å²) >= 11 is 0. The van der Waals surface area contributed by atoms with Gasteiger partial charge in [-0.2, -0.15) is 12.1 Å². The summed E-state index contributed by atoms with van der Waals surface area (Å²) in [6.07, 6.45) is 0. The smallest absolute Gasteiger partial charge is 0.374 e. The van der Waals surface area contributed by atoms with Crippen LogP contribution in [0, 0.1) is 13.0 Å². The van der Waals surface area contributed by atoms with Crippen molar-refractivity contribution in [2.24, 2.45) is 0 Å². The molecule has 0 bridgehead atoms. The molecule has 1 aromatic carbocycles. The van der Waals surface area contributed by atoms with Gasteiger partial charge in [0.1, 0.15) is 0 Å². The first-order valence-corrected chi connectivity index (χ1v) is 2.18. The molecular weight excluding hydrogens is 108 g/mol. The molecule has 0 aromatic heterocycles. The van der Waals surface area contributed by atoms with E-state index in [9.17, 15) is 0 Å². The van der Waals surface area contributed by atoms with Crippen molar-refractivity contribution in [1.82, 2.24) is 0 Å². The summed E-state index contributed by atoms with van der Waals surface area (Å²) in [4.78, 5) is 0. The molecule has 8 heavy (non-hydrogen) atoms. The van der Waals surface area contributed by atoms with E-state index in [1.54, 1.807) is 0 Å². The van der Waals surface area contributed by atoms with Gasteiger partial charge in [-0.15, -0.1) is 6.07 Å². The molecule has 0 spiro atoms. The van der Waals surface area contributed by atoms with E-state index >= 15 is 0 Å². The van der Waals surface area contributed by atoms with Crippen LogP contribution >= 0.6 is 0 Å². The zero-order valence-electron chi connectivity index (χ0n) is 4.72. The SMILES string of the molecule is [CH2-]c1[c-]cccc1.[Mg+2]. The van der Waals surface area contributed by atoms with E-state index < -0.39 is 0 Å². The molecular formula is C7H6Mg. The van der Waals surface area contributed by atoms with Gasteiger partial charge in [0.2, 0.25) is 0 Å². The number of hydrogen-bond donors (Lipinski definition) is 0. The van der Waals surface area contributed by atoms with Crippen LogP contribution in [0.2, 0.25) is 0 Å². The second kappa shape index (κ2) is 3.81. The van der Waals surface area contributed by atoms with Crippen molar-refractivity contribution < 1.29 is 0 Å². The van der Waals surface area contributed by atoms with Gasteiger partial charge in [0.05, 0.1) is 0 Å². The van der Waals surface area contributed by atoms with Crippen LogP contribution in [0.15, 0.2) is 24.3 Å². The van der Waals surface area contributed by atoms with Crippen LogP contribution in [-0.4, -0.2) is 23.1 Å². The van der Waals surface area contributed by atoms with E-state index in [2.05, 4.69) is 13.0 Å². The van der Waals surface area contributed by atoms with E-state index in [1.807, 2.05) is 24.3 Å². The van der Waals surface area contributed by atoms with Gasteiger partial charge in [0.15, 0.2) is 0 Å². The molecule has 0 fully saturated rings. The average molecular weight is 114 g/mol. The Kier molecular flexibility index (Phi) is 3.74. The summed E-state index contributed by atoms with van der Waals surface area (Å²) < 4.78 is 0. The molecule has 0 amide bonds. The van der Waals surface area contributed by atoms with E-state index in [-0.39, 0.29) is 23.1 Å². The fourth-order valence-electron chi connectivity index (χ4n) is 0.431. The van der Waals surface area contributed by atoms with E-state index in [0.29, 0.717) is 0 Å². The molecule has 1 aromatic rings. The molecule has 1 heteroatoms. The van der Waals surface area contributed by atoms with E-state index in [1.165, 1.54) is 0 Å². The number of rotatable bonds is 0. The minimum atomic E-state index is 0. The Morgan fingerprint density at radius 2 is 2.12 bits per heavy atom. The summed E-state index contributed by atoms with van der Waals surface area (Å²) in [5, 5.41) is 0. The summed E-state index contributed by atoms with van der Waals surface area (Å²) in [5.74, 6) is 0. The Labute approximate surface area is 66.1 Å². The first kappa shape index (κ1) is 7.86. The summed E-state index contributed by atoms with van der Waals surface area (Å²) in [6.45, 7) is 3.66. The van der Waals surface area contributed by atoms with Crippen LogP contribution < -0.4 is 0 Å². The zero-order chi connectivity index (χ0) is 5.11. The molecule has 36 valence electrons. The van der Waals surface area contributed by atoms with Crippen LogP contribution in [0.4, 0.5) is 0 Å². The monoisotopic (exact) mass is 114 g/mol. The van der Waals surface area contributed by atoms with Gasteiger partial charge >= 0.3 is 23.1 Å². The molecule has 0 aliphatic rings. The number of hydrogen-bond acceptors (Lipinski definition) is 0. The maximum atomic E-state index is 3.66. The Morgan fingerprint density at radius 3 is 2.38 bits per heavy atom. The Morgan fingerprint density at radius 1 is 1.38 bits per heavy atom. The van der Waals surface area contributed by atoms with Gasteiger partial charge in [-0.1, -0.05) is 0 Å². The maximum absolute atomic E-state index is 3.66. The molecule has 0 aliphatic carbocycles. The first-order valence-electron chi connectivity index (χ1n) is 2.18. The van der Waals surface area contributed by atoms with Crippen LogP contribution in [0.25, 0.3) is 0 Å². The molecule has 0 saturated heterocycles. The second-order valence-electron chi connectivity index (χ2n) is 1.39. The normalized spacial score (nSPS) is 7.50. The van der Waals surface area contributed by atoms with Crippen molar-refractivity contribution in [3.63, 3.8) is 0 Å². The number of benzene rings is 1. The van der Waals surface area contributed by atoms with Crippen molar-refractivity contribution >= 4 is 23.1 Å². The van der Waals surface area contributed by atoms with Gasteiger partial charge in [-0.3, -0.25) is 6.07 Å². The van der Waals surface area contributed by atoms with Gasteiger partial charge < -0.3 is 18.6 Å². The third-order valence-corrected chi connectivity index (χ3v) is 0.773. The molecule has 0 aliphatic heterocycles. The second-order valence-corrected chi connectivity index (χ2v) is 1.39. The molecule has 0 N–H and O–H groups in total. The van der Waals surface area contributed by atoms with Gasteiger partial charge in [0, 0.05) is 0 Å². The Bertz CT molecular complexity index is 134. The summed E-state index contributed by atoms with van der Waals surface area (Å²) in [7, 11) is 0. The Balaban J connectivity index is 0.000000490. The summed E-state index contributed by atoms with van der Waals surface area (Å²) in [5.41, 5.74) is 0.947. The quantitative estimate of drug-likeness (QED) is 0.352. The fraction of sp³-hybridized carbons (Fsp3) is 0. The van der Waals surface area contributed by atoms with Gasteiger partial charge in [-0.05, 0) is 0 Å². The minimum absolute atomic E-state index is 0. The zero-order valence-corrected chi connectivity index (χ0v) is 6.14. The third-order valence-electron chi connectivity index (χ3n) is 0.773. The van der Waals surface area contributed by atoms with Crippen LogP contribution in [-0.2, 0) is 0 Å². The van der Waals surface area contributed by atoms with Crippen LogP contribution in [0.1, 0.15) is 5.56 Å². The molecule has 0 unspecified atom stereocenters. The van der Waals surface area contributed by atoms with Crippen LogP contribution in [0.3, 0.4) is 0 Å². The molecule has 0 atom stereocenters. The van der Waals surface area contributed by atoms with Crippen LogP contribution in [0.5, 0.6) is 0 Å². The van der Waals surface area contributed by atoms with Gasteiger partial charge in [-0.25, -0.2) is 0 Å². The first-order chi connectivity index (χ1) is 3.39. The predicted molar refractivity (Wildman–Crippen MR) is 35.5 cm³/mol. The van der Waals surface area contributed by atoms with E-state index in [4.69, 9.17) is 0 Å². The van der Waals surface area contributed by atoms with Crippen molar-refractivity contribution in [2.75, 3.05) is 0 Å². The van der Waals surface area contributed by atoms with Crippen molar-refractivity contribution in [3.8, 4) is 0 Å². The standard InChI is InChI=1S/C7H6.Mg/c1-7-5-3-2-4-6-7;/h2-5H,1H2;/q-2;+2.